The van der Waals surface area contributed by atoms with Crippen molar-refractivity contribution in [1.29, 1.82) is 0 Å². The van der Waals surface area contributed by atoms with Crippen molar-refractivity contribution >= 4 is 61.4 Å². The number of carbonyl (C=O) groups excluding carboxylic acids is 1. The van der Waals surface area contributed by atoms with Crippen LogP contribution in [0.2, 0.25) is 5.02 Å². The van der Waals surface area contributed by atoms with Gasteiger partial charge in [-0.15, -0.1) is 11.3 Å². The van der Waals surface area contributed by atoms with E-state index in [0.717, 1.165) is 14.7 Å². The molecule has 0 saturated heterocycles. The Hall–Kier alpha value is -1.43. The summed E-state index contributed by atoms with van der Waals surface area (Å²) in [4.78, 5) is 16.5. The highest BCUT2D eigenvalue weighted by atomic mass is 79.9. The summed E-state index contributed by atoms with van der Waals surface area (Å²) in [6, 6.07) is 9.04. The van der Waals surface area contributed by atoms with E-state index < -0.39 is 0 Å². The molecule has 0 spiro atoms. The molecule has 0 unspecified atom stereocenters. The molecule has 0 bridgehead atoms. The van der Waals surface area contributed by atoms with Crippen LogP contribution in [0.1, 0.15) is 10.4 Å². The van der Waals surface area contributed by atoms with E-state index in [1.807, 2.05) is 18.2 Å². The van der Waals surface area contributed by atoms with Gasteiger partial charge in [-0.2, -0.15) is 0 Å². The van der Waals surface area contributed by atoms with Gasteiger partial charge in [0.05, 0.1) is 20.6 Å². The third-order valence-corrected chi connectivity index (χ3v) is 4.47. The molecule has 0 aliphatic rings. The second-order valence-corrected chi connectivity index (χ2v) is 6.85. The maximum Gasteiger partial charge on any atom is 0.256 e. The summed E-state index contributed by atoms with van der Waals surface area (Å²) in [5, 5.41) is 6.10. The van der Waals surface area contributed by atoms with Crippen molar-refractivity contribution in [3.63, 3.8) is 0 Å². The van der Waals surface area contributed by atoms with Crippen molar-refractivity contribution in [1.82, 2.24) is 4.98 Å². The average molecular weight is 368 g/mol. The highest BCUT2D eigenvalue weighted by molar-refractivity contribution is 9.11. The fourth-order valence-electron chi connectivity index (χ4n) is 1.87. The number of hydrogen-bond donors (Lipinski definition) is 1. The summed E-state index contributed by atoms with van der Waals surface area (Å²) in [5.74, 6) is -0.179. The molecule has 0 aliphatic heterocycles. The minimum absolute atomic E-state index is 0.179. The van der Waals surface area contributed by atoms with Crippen molar-refractivity contribution in [2.75, 3.05) is 5.32 Å². The fraction of sp³-hybridized carbons (Fsp3) is 0. The number of nitrogens with one attached hydrogen (secondary N) is 1. The zero-order chi connectivity index (χ0) is 14.1. The average Bonchev–Trinajstić information content (AvgIpc) is 2.85. The highest BCUT2D eigenvalue weighted by Gasteiger charge is 2.11. The number of pyridine rings is 1. The summed E-state index contributed by atoms with van der Waals surface area (Å²) < 4.78 is 0.914. The number of carbonyl (C=O) groups is 1. The van der Waals surface area contributed by atoms with Crippen LogP contribution in [0.3, 0.4) is 0 Å². The molecule has 20 heavy (non-hydrogen) atoms. The zero-order valence-corrected chi connectivity index (χ0v) is 13.2. The van der Waals surface area contributed by atoms with Crippen molar-refractivity contribution in [2.24, 2.45) is 0 Å². The second-order valence-electron chi connectivity index (χ2n) is 4.12. The molecule has 3 nitrogen and oxygen atoms in total. The van der Waals surface area contributed by atoms with Crippen LogP contribution in [-0.4, -0.2) is 10.9 Å². The molecule has 2 heterocycles. The van der Waals surface area contributed by atoms with Crippen molar-refractivity contribution in [2.45, 2.75) is 0 Å². The van der Waals surface area contributed by atoms with Crippen molar-refractivity contribution in [3.8, 4) is 0 Å². The molecule has 1 N–H and O–H groups in total. The molecular formula is C14H8BrClN2OS. The first-order valence-electron chi connectivity index (χ1n) is 5.73. The Morgan fingerprint density at radius 1 is 1.35 bits per heavy atom. The fourth-order valence-corrected chi connectivity index (χ4v) is 3.24. The molecular weight excluding hydrogens is 360 g/mol. The Balaban J connectivity index is 2.00. The lowest BCUT2D eigenvalue weighted by atomic mass is 10.2. The van der Waals surface area contributed by atoms with E-state index in [4.69, 9.17) is 11.6 Å². The van der Waals surface area contributed by atoms with Gasteiger partial charge in [0.15, 0.2) is 0 Å². The van der Waals surface area contributed by atoms with Gasteiger partial charge in [0, 0.05) is 22.0 Å². The monoisotopic (exact) mass is 366 g/mol. The molecule has 3 rings (SSSR count). The molecule has 3 aromatic rings. The van der Waals surface area contributed by atoms with E-state index in [-0.39, 0.29) is 5.91 Å². The molecule has 0 atom stereocenters. The highest BCUT2D eigenvalue weighted by Crippen LogP contribution is 2.27. The lowest BCUT2D eigenvalue weighted by Gasteiger charge is -2.08. The number of hydrogen-bond acceptors (Lipinski definition) is 3. The van der Waals surface area contributed by atoms with E-state index in [9.17, 15) is 4.79 Å². The molecule has 0 radical (unpaired) electrons. The Morgan fingerprint density at radius 3 is 2.95 bits per heavy atom. The number of anilines is 1. The smallest absolute Gasteiger partial charge is 0.256 e. The quantitative estimate of drug-likeness (QED) is 0.695. The van der Waals surface area contributed by atoms with Gasteiger partial charge >= 0.3 is 0 Å². The van der Waals surface area contributed by atoms with Crippen LogP contribution in [0.5, 0.6) is 0 Å². The summed E-state index contributed by atoms with van der Waals surface area (Å²) in [7, 11) is 0. The van der Waals surface area contributed by atoms with Gasteiger partial charge in [0.2, 0.25) is 0 Å². The minimum atomic E-state index is -0.179. The number of fused-ring (bicyclic) bond motifs is 1. The standard InChI is InChI=1S/C14H8BrClN2OS/c15-12-5-9(7-20-12)14(19)18-11-6-10(16)4-8-2-1-3-17-13(8)11/h1-7H,(H,18,19). The topological polar surface area (TPSA) is 42.0 Å². The van der Waals surface area contributed by atoms with Gasteiger partial charge in [0.1, 0.15) is 0 Å². The maximum absolute atomic E-state index is 12.2. The van der Waals surface area contributed by atoms with Crippen molar-refractivity contribution < 1.29 is 4.79 Å². The summed E-state index contributed by atoms with van der Waals surface area (Å²) >= 11 is 10.9. The Labute approximate surface area is 132 Å². The summed E-state index contributed by atoms with van der Waals surface area (Å²) in [6.45, 7) is 0. The zero-order valence-electron chi connectivity index (χ0n) is 10.1. The number of nitrogens with zero attached hydrogens (tertiary/aromatic N) is 1. The van der Waals surface area contributed by atoms with Crippen LogP contribution >= 0.6 is 38.9 Å². The molecule has 1 aromatic carbocycles. The van der Waals surface area contributed by atoms with Crippen LogP contribution in [-0.2, 0) is 0 Å². The van der Waals surface area contributed by atoms with Crippen LogP contribution in [0, 0.1) is 0 Å². The first-order chi connectivity index (χ1) is 9.63. The number of amides is 1. The number of thiophene rings is 1. The summed E-state index contributed by atoms with van der Waals surface area (Å²) in [5.41, 5.74) is 1.94. The summed E-state index contributed by atoms with van der Waals surface area (Å²) in [6.07, 6.45) is 1.69. The van der Waals surface area contributed by atoms with E-state index in [0.29, 0.717) is 16.3 Å². The predicted molar refractivity (Wildman–Crippen MR) is 86.7 cm³/mol. The Kier molecular flexibility index (Phi) is 3.74. The van der Waals surface area contributed by atoms with Gasteiger partial charge in [-0.1, -0.05) is 17.7 Å². The molecule has 100 valence electrons. The van der Waals surface area contributed by atoms with E-state index >= 15 is 0 Å². The maximum atomic E-state index is 12.2. The van der Waals surface area contributed by atoms with Crippen LogP contribution in [0.25, 0.3) is 10.9 Å². The molecule has 1 amide bonds. The third kappa shape index (κ3) is 2.70. The Morgan fingerprint density at radius 2 is 2.20 bits per heavy atom. The SMILES string of the molecule is O=C(Nc1cc(Cl)cc2cccnc12)c1csc(Br)c1. The van der Waals surface area contributed by atoms with E-state index in [1.54, 1.807) is 23.7 Å². The molecule has 0 fully saturated rings. The Bertz CT molecular complexity index is 803. The van der Waals surface area contributed by atoms with Gasteiger partial charge in [-0.25, -0.2) is 0 Å². The number of rotatable bonds is 2. The van der Waals surface area contributed by atoms with Crippen molar-refractivity contribution in [3.05, 3.63) is 56.3 Å². The van der Waals surface area contributed by atoms with E-state index in [2.05, 4.69) is 26.2 Å². The third-order valence-electron chi connectivity index (χ3n) is 2.75. The second kappa shape index (κ2) is 5.52. The normalized spacial score (nSPS) is 10.7. The number of halogens is 2. The van der Waals surface area contributed by atoms with Crippen LogP contribution < -0.4 is 5.32 Å². The van der Waals surface area contributed by atoms with E-state index in [1.165, 1.54) is 11.3 Å². The lowest BCUT2D eigenvalue weighted by Crippen LogP contribution is -2.11. The van der Waals surface area contributed by atoms with Gasteiger partial charge in [-0.05, 0) is 40.2 Å². The largest absolute Gasteiger partial charge is 0.320 e. The minimum Gasteiger partial charge on any atom is -0.320 e. The molecule has 2 aromatic heterocycles. The predicted octanol–water partition coefficient (Wildman–Crippen LogP) is 4.96. The molecule has 6 heteroatoms. The first kappa shape index (κ1) is 13.5. The molecule has 0 saturated carbocycles. The first-order valence-corrected chi connectivity index (χ1v) is 7.78. The number of aromatic nitrogens is 1. The van der Waals surface area contributed by atoms with Crippen LogP contribution in [0.15, 0.2) is 45.7 Å². The van der Waals surface area contributed by atoms with Gasteiger partial charge < -0.3 is 5.32 Å². The van der Waals surface area contributed by atoms with Gasteiger partial charge in [0.25, 0.3) is 5.91 Å². The van der Waals surface area contributed by atoms with Gasteiger partial charge in [-0.3, -0.25) is 9.78 Å². The molecule has 0 aliphatic carbocycles. The number of benzene rings is 1. The lowest BCUT2D eigenvalue weighted by molar-refractivity contribution is 0.102. The van der Waals surface area contributed by atoms with Crippen LogP contribution in [0.4, 0.5) is 5.69 Å².